The van der Waals surface area contributed by atoms with Crippen molar-refractivity contribution in [3.8, 4) is 0 Å². The van der Waals surface area contributed by atoms with E-state index < -0.39 is 11.9 Å². The first-order valence-corrected chi connectivity index (χ1v) is 16.4. The maximum atomic E-state index is 12.9. The molecule has 0 radical (unpaired) electrons. The number of nitrogens with one attached hydrogen (secondary N) is 1. The van der Waals surface area contributed by atoms with Gasteiger partial charge in [0, 0.05) is 25.1 Å². The number of hydrogen-bond donors (Lipinski definition) is 2. The van der Waals surface area contributed by atoms with Crippen LogP contribution in [0.1, 0.15) is 80.2 Å². The minimum Gasteiger partial charge on any atom is -0.490 e. The number of nitrogens with zero attached hydrogens (tertiary/aromatic N) is 1. The second-order valence-corrected chi connectivity index (χ2v) is 11.1. The van der Waals surface area contributed by atoms with Crippen molar-refractivity contribution < 1.29 is 19.1 Å². The maximum absolute atomic E-state index is 12.9. The van der Waals surface area contributed by atoms with Crippen LogP contribution in [0.2, 0.25) is 0 Å². The second kappa shape index (κ2) is 27.6. The highest BCUT2D eigenvalue weighted by Gasteiger charge is 2.20. The molecule has 0 saturated heterocycles. The molecule has 3 N–H and O–H groups in total. The first kappa shape index (κ1) is 44.4. The molecule has 258 valence electrons. The van der Waals surface area contributed by atoms with Gasteiger partial charge in [0.05, 0.1) is 6.61 Å². The van der Waals surface area contributed by atoms with E-state index in [1.54, 1.807) is 19.1 Å². The highest BCUT2D eigenvalue weighted by atomic mass is 16.5. The van der Waals surface area contributed by atoms with Crippen LogP contribution in [0.3, 0.4) is 0 Å². The Morgan fingerprint density at radius 1 is 1.09 bits per heavy atom. The monoisotopic (exact) mass is 637 g/mol. The van der Waals surface area contributed by atoms with Gasteiger partial charge in [-0.05, 0) is 82.5 Å². The van der Waals surface area contributed by atoms with E-state index >= 15 is 0 Å². The van der Waals surface area contributed by atoms with Crippen LogP contribution in [0, 0.1) is 5.92 Å². The number of hydrogen-bond acceptors (Lipinski definition) is 5. The summed E-state index contributed by atoms with van der Waals surface area (Å²) in [6.45, 7) is 26.9. The zero-order valence-electron chi connectivity index (χ0n) is 30.4. The lowest BCUT2D eigenvalue weighted by atomic mass is 9.99. The number of carbonyl (C=O) groups is 2. The van der Waals surface area contributed by atoms with Gasteiger partial charge < -0.3 is 25.4 Å². The summed E-state index contributed by atoms with van der Waals surface area (Å²) in [6.07, 6.45) is 11.3. The molecule has 46 heavy (non-hydrogen) atoms. The van der Waals surface area contributed by atoms with Gasteiger partial charge in [-0.2, -0.15) is 0 Å². The zero-order valence-corrected chi connectivity index (χ0v) is 30.4. The number of amides is 2. The van der Waals surface area contributed by atoms with Crippen molar-refractivity contribution in [3.63, 3.8) is 0 Å². The quantitative estimate of drug-likeness (QED) is 0.0692. The van der Waals surface area contributed by atoms with Gasteiger partial charge in [0.25, 0.3) is 0 Å². The molecule has 0 bridgehead atoms. The SMILES string of the molecule is C=C/C(=C\CC(C)C)CC(NC(=O)/C(C)=C/C(=C/C)C(=C\C(=C)OCc1ccccc1)/CC)C(N)=O.CC.CCOCCN(C)C. The summed E-state index contributed by atoms with van der Waals surface area (Å²) in [4.78, 5) is 27.1. The van der Waals surface area contributed by atoms with E-state index in [0.717, 1.165) is 54.9 Å². The molecule has 0 spiro atoms. The third-order valence-corrected chi connectivity index (χ3v) is 6.48. The van der Waals surface area contributed by atoms with Crippen LogP contribution in [0.25, 0.3) is 0 Å². The fourth-order valence-corrected chi connectivity index (χ4v) is 3.80. The predicted molar refractivity (Wildman–Crippen MR) is 196 cm³/mol. The molecule has 7 heteroatoms. The number of likely N-dealkylation sites (N-methyl/N-ethyl adjacent to an activating group) is 1. The smallest absolute Gasteiger partial charge is 0.247 e. The Morgan fingerprint density at radius 3 is 2.20 bits per heavy atom. The van der Waals surface area contributed by atoms with Crippen molar-refractivity contribution in [2.75, 3.05) is 33.9 Å². The molecule has 0 fully saturated rings. The Morgan fingerprint density at radius 2 is 1.72 bits per heavy atom. The van der Waals surface area contributed by atoms with Crippen LogP contribution in [-0.2, 0) is 25.7 Å². The highest BCUT2D eigenvalue weighted by Crippen LogP contribution is 2.20. The van der Waals surface area contributed by atoms with Gasteiger partial charge in [0.15, 0.2) is 0 Å². The molecular weight excluding hydrogens is 574 g/mol. The summed E-state index contributed by atoms with van der Waals surface area (Å²) in [7, 11) is 4.08. The number of ether oxygens (including phenoxy) is 2. The molecule has 0 saturated carbocycles. The fraction of sp³-hybridized carbons (Fsp3) is 0.487. The molecule has 1 unspecified atom stereocenters. The van der Waals surface area contributed by atoms with Gasteiger partial charge in [-0.15, -0.1) is 0 Å². The van der Waals surface area contributed by atoms with E-state index in [1.807, 2.05) is 97.3 Å². The predicted octanol–water partition coefficient (Wildman–Crippen LogP) is 8.08. The first-order chi connectivity index (χ1) is 21.9. The lowest BCUT2D eigenvalue weighted by Gasteiger charge is -2.17. The van der Waals surface area contributed by atoms with E-state index in [1.165, 1.54) is 0 Å². The van der Waals surface area contributed by atoms with E-state index in [0.29, 0.717) is 30.3 Å². The van der Waals surface area contributed by atoms with Crippen LogP contribution < -0.4 is 11.1 Å². The summed E-state index contributed by atoms with van der Waals surface area (Å²) < 4.78 is 10.9. The third kappa shape index (κ3) is 21.9. The number of rotatable bonds is 19. The normalized spacial score (nSPS) is 12.8. The van der Waals surface area contributed by atoms with Gasteiger partial charge >= 0.3 is 0 Å². The number of primary amides is 1. The standard InChI is InChI=1S/C31H42N2O3.C6H15NO.C2H6/c1-8-25(17-16-22(4)5)20-29(30(32)34)33-31(35)23(6)18-27(9-2)28(10-3)19-24(7)36-21-26-14-12-11-13-15-26;1-4-8-6-5-7(2)3;1-2/h8-9,11-15,17-19,22,29H,1,7,10,16,20-21H2,2-6H3,(H2,32,34)(H,33,35);4-6H2,1-3H3;1-2H3/b23-18+,25-17+,27-9-,28-19-;;. The molecule has 0 aliphatic heterocycles. The van der Waals surface area contributed by atoms with Gasteiger partial charge in [-0.25, -0.2) is 0 Å². The minimum absolute atomic E-state index is 0.305. The zero-order chi connectivity index (χ0) is 35.5. The maximum Gasteiger partial charge on any atom is 0.247 e. The Kier molecular flexibility index (Phi) is 26.7. The summed E-state index contributed by atoms with van der Waals surface area (Å²) in [5.41, 5.74) is 9.87. The average Bonchev–Trinajstić information content (AvgIpc) is 3.04. The van der Waals surface area contributed by atoms with E-state index in [4.69, 9.17) is 15.2 Å². The van der Waals surface area contributed by atoms with Gasteiger partial charge in [-0.3, -0.25) is 9.59 Å². The Labute approximate surface area is 281 Å². The number of benzene rings is 1. The van der Waals surface area contributed by atoms with Gasteiger partial charge in [0.2, 0.25) is 11.8 Å². The van der Waals surface area contributed by atoms with Crippen molar-refractivity contribution in [2.45, 2.75) is 87.3 Å². The van der Waals surface area contributed by atoms with Crippen LogP contribution in [0.4, 0.5) is 0 Å². The molecular formula is C39H63N3O4. The lowest BCUT2D eigenvalue weighted by Crippen LogP contribution is -2.44. The fourth-order valence-electron chi connectivity index (χ4n) is 3.80. The number of nitrogens with two attached hydrogens (primary N) is 1. The molecule has 0 heterocycles. The van der Waals surface area contributed by atoms with E-state index in [2.05, 4.69) is 37.2 Å². The Balaban J connectivity index is 0. The van der Waals surface area contributed by atoms with Gasteiger partial charge in [0.1, 0.15) is 18.4 Å². The lowest BCUT2D eigenvalue weighted by molar-refractivity contribution is -0.125. The summed E-state index contributed by atoms with van der Waals surface area (Å²) in [5, 5.41) is 2.78. The molecule has 0 aromatic heterocycles. The topological polar surface area (TPSA) is 93.9 Å². The minimum atomic E-state index is -0.821. The highest BCUT2D eigenvalue weighted by molar-refractivity contribution is 5.96. The third-order valence-electron chi connectivity index (χ3n) is 6.48. The summed E-state index contributed by atoms with van der Waals surface area (Å²) in [5.74, 6) is 0.0943. The first-order valence-electron chi connectivity index (χ1n) is 16.4. The van der Waals surface area contributed by atoms with Crippen molar-refractivity contribution in [1.29, 1.82) is 0 Å². The van der Waals surface area contributed by atoms with Crippen LogP contribution in [0.15, 0.2) is 102 Å². The number of allylic oxidation sites excluding steroid dienone is 7. The Hall–Kier alpha value is -3.68. The molecule has 1 aromatic carbocycles. The second-order valence-electron chi connectivity index (χ2n) is 11.1. The van der Waals surface area contributed by atoms with Crippen LogP contribution in [-0.4, -0.2) is 56.6 Å². The molecule has 2 amide bonds. The van der Waals surface area contributed by atoms with Crippen molar-refractivity contribution in [1.82, 2.24) is 10.2 Å². The molecule has 7 nitrogen and oxygen atoms in total. The number of carbonyl (C=O) groups excluding carboxylic acids is 2. The van der Waals surface area contributed by atoms with Crippen LogP contribution in [0.5, 0.6) is 0 Å². The van der Waals surface area contributed by atoms with Crippen LogP contribution >= 0.6 is 0 Å². The van der Waals surface area contributed by atoms with E-state index in [-0.39, 0.29) is 5.91 Å². The molecule has 0 aliphatic rings. The summed E-state index contributed by atoms with van der Waals surface area (Å²) >= 11 is 0. The summed E-state index contributed by atoms with van der Waals surface area (Å²) in [6, 6.07) is 9.07. The molecule has 0 aliphatic carbocycles. The van der Waals surface area contributed by atoms with Gasteiger partial charge in [-0.1, -0.05) is 102 Å². The van der Waals surface area contributed by atoms with Crippen molar-refractivity contribution >= 4 is 11.8 Å². The Bertz CT molecular complexity index is 1150. The molecule has 1 atom stereocenters. The largest absolute Gasteiger partial charge is 0.490 e. The van der Waals surface area contributed by atoms with E-state index in [9.17, 15) is 9.59 Å². The molecule has 1 rings (SSSR count). The van der Waals surface area contributed by atoms with Crippen molar-refractivity contribution in [3.05, 3.63) is 107 Å². The van der Waals surface area contributed by atoms with Crippen molar-refractivity contribution in [2.24, 2.45) is 11.7 Å². The average molecular weight is 638 g/mol. The molecule has 1 aromatic rings.